The van der Waals surface area contributed by atoms with Crippen LogP contribution in [0.3, 0.4) is 0 Å². The van der Waals surface area contributed by atoms with Gasteiger partial charge in [-0.25, -0.2) is 0 Å². The second-order valence-electron chi connectivity index (χ2n) is 5.77. The summed E-state index contributed by atoms with van der Waals surface area (Å²) in [5.74, 6) is 0.861. The molecule has 3 aromatic rings. The standard InChI is InChI=1S/C19H22N4O/c1-16(14-23-11-5-10-22-23)21-13-17-6-4-8-19(12-17)24-15-18-7-2-3-9-20-18/h2-12,16,21H,13-15H2,1H3/t16-/m1/s1. The van der Waals surface area contributed by atoms with Crippen molar-refractivity contribution in [1.29, 1.82) is 0 Å². The quantitative estimate of drug-likeness (QED) is 0.692. The van der Waals surface area contributed by atoms with Gasteiger partial charge in [0.2, 0.25) is 0 Å². The summed E-state index contributed by atoms with van der Waals surface area (Å²) < 4.78 is 7.75. The van der Waals surface area contributed by atoms with Crippen molar-refractivity contribution in [3.8, 4) is 5.75 Å². The minimum Gasteiger partial charge on any atom is -0.487 e. The Morgan fingerprint density at radius 1 is 1.12 bits per heavy atom. The number of rotatable bonds is 8. The Morgan fingerprint density at radius 2 is 2.08 bits per heavy atom. The lowest BCUT2D eigenvalue weighted by atomic mass is 10.2. The summed E-state index contributed by atoms with van der Waals surface area (Å²) in [7, 11) is 0. The van der Waals surface area contributed by atoms with Crippen molar-refractivity contribution in [1.82, 2.24) is 20.1 Å². The van der Waals surface area contributed by atoms with E-state index in [9.17, 15) is 0 Å². The highest BCUT2D eigenvalue weighted by molar-refractivity contribution is 5.28. The van der Waals surface area contributed by atoms with Crippen molar-refractivity contribution in [2.24, 2.45) is 0 Å². The molecule has 2 aromatic heterocycles. The number of nitrogens with one attached hydrogen (secondary N) is 1. The van der Waals surface area contributed by atoms with Gasteiger partial charge in [0.05, 0.1) is 12.2 Å². The third-order valence-electron chi connectivity index (χ3n) is 3.69. The van der Waals surface area contributed by atoms with Crippen LogP contribution in [0.2, 0.25) is 0 Å². The number of nitrogens with zero attached hydrogens (tertiary/aromatic N) is 3. The molecule has 0 amide bonds. The lowest BCUT2D eigenvalue weighted by molar-refractivity contribution is 0.301. The summed E-state index contributed by atoms with van der Waals surface area (Å²) in [6.45, 7) is 4.28. The Morgan fingerprint density at radius 3 is 2.88 bits per heavy atom. The third kappa shape index (κ3) is 4.93. The average molecular weight is 322 g/mol. The number of aromatic nitrogens is 3. The zero-order valence-corrected chi connectivity index (χ0v) is 13.8. The molecule has 0 fully saturated rings. The minimum atomic E-state index is 0.336. The zero-order chi connectivity index (χ0) is 16.6. The normalized spacial score (nSPS) is 12.0. The van der Waals surface area contributed by atoms with Crippen molar-refractivity contribution in [3.05, 3.63) is 78.4 Å². The molecule has 1 aromatic carbocycles. The predicted molar refractivity (Wildman–Crippen MR) is 93.5 cm³/mol. The first-order valence-corrected chi connectivity index (χ1v) is 8.12. The Kier molecular flexibility index (Phi) is 5.58. The van der Waals surface area contributed by atoms with E-state index in [0.717, 1.165) is 24.5 Å². The molecule has 0 spiro atoms. The van der Waals surface area contributed by atoms with Gasteiger partial charge in [0.15, 0.2) is 0 Å². The van der Waals surface area contributed by atoms with E-state index in [2.05, 4.69) is 34.5 Å². The first kappa shape index (κ1) is 16.2. The maximum atomic E-state index is 5.82. The second kappa shape index (κ2) is 8.26. The molecule has 2 heterocycles. The highest BCUT2D eigenvalue weighted by Crippen LogP contribution is 2.15. The molecule has 5 heteroatoms. The molecule has 124 valence electrons. The molecule has 0 unspecified atom stereocenters. The summed E-state index contributed by atoms with van der Waals surface area (Å²) >= 11 is 0. The van der Waals surface area contributed by atoms with E-state index in [1.807, 2.05) is 47.3 Å². The molecular formula is C19H22N4O. The van der Waals surface area contributed by atoms with Crippen molar-refractivity contribution >= 4 is 0 Å². The van der Waals surface area contributed by atoms with E-state index in [-0.39, 0.29) is 0 Å². The molecule has 0 bridgehead atoms. The van der Waals surface area contributed by atoms with Gasteiger partial charge in [0, 0.05) is 31.2 Å². The molecular weight excluding hydrogens is 300 g/mol. The SMILES string of the molecule is C[C@H](Cn1cccn1)NCc1cccc(OCc2ccccn2)c1. The Hall–Kier alpha value is -2.66. The second-order valence-corrected chi connectivity index (χ2v) is 5.77. The Labute approximate surface area is 142 Å². The monoisotopic (exact) mass is 322 g/mol. The molecule has 0 radical (unpaired) electrons. The van der Waals surface area contributed by atoms with Crippen LogP contribution in [0.25, 0.3) is 0 Å². The minimum absolute atomic E-state index is 0.336. The smallest absolute Gasteiger partial charge is 0.130 e. The highest BCUT2D eigenvalue weighted by Gasteiger charge is 2.04. The fourth-order valence-electron chi connectivity index (χ4n) is 2.43. The third-order valence-corrected chi connectivity index (χ3v) is 3.69. The Balaban J connectivity index is 1.49. The van der Waals surface area contributed by atoms with Crippen LogP contribution >= 0.6 is 0 Å². The molecule has 0 aliphatic carbocycles. The number of hydrogen-bond acceptors (Lipinski definition) is 4. The van der Waals surface area contributed by atoms with Gasteiger partial charge >= 0.3 is 0 Å². The molecule has 0 aliphatic rings. The number of hydrogen-bond donors (Lipinski definition) is 1. The van der Waals surface area contributed by atoms with E-state index in [1.54, 1.807) is 12.4 Å². The highest BCUT2D eigenvalue weighted by atomic mass is 16.5. The number of benzene rings is 1. The van der Waals surface area contributed by atoms with Crippen LogP contribution in [0.1, 0.15) is 18.2 Å². The van der Waals surface area contributed by atoms with Crippen molar-refractivity contribution in [2.75, 3.05) is 0 Å². The molecule has 0 saturated carbocycles. The predicted octanol–water partition coefficient (Wildman–Crippen LogP) is 3.04. The largest absolute Gasteiger partial charge is 0.487 e. The topological polar surface area (TPSA) is 52.0 Å². The maximum absolute atomic E-state index is 5.82. The molecule has 3 rings (SSSR count). The molecule has 1 atom stereocenters. The lowest BCUT2D eigenvalue weighted by Crippen LogP contribution is -2.30. The molecule has 5 nitrogen and oxygen atoms in total. The van der Waals surface area contributed by atoms with E-state index >= 15 is 0 Å². The van der Waals surface area contributed by atoms with Gasteiger partial charge in [0.1, 0.15) is 12.4 Å². The first-order valence-electron chi connectivity index (χ1n) is 8.12. The maximum Gasteiger partial charge on any atom is 0.130 e. The van der Waals surface area contributed by atoms with Gasteiger partial charge < -0.3 is 10.1 Å². The molecule has 1 N–H and O–H groups in total. The summed E-state index contributed by atoms with van der Waals surface area (Å²) in [6, 6.07) is 16.3. The number of pyridine rings is 1. The molecule has 0 saturated heterocycles. The van der Waals surface area contributed by atoms with E-state index in [4.69, 9.17) is 4.74 Å². The van der Waals surface area contributed by atoms with E-state index in [1.165, 1.54) is 5.56 Å². The van der Waals surface area contributed by atoms with Gasteiger partial charge in [-0.1, -0.05) is 18.2 Å². The van der Waals surface area contributed by atoms with Crippen LogP contribution in [0.15, 0.2) is 67.1 Å². The molecule has 24 heavy (non-hydrogen) atoms. The van der Waals surface area contributed by atoms with Crippen LogP contribution in [-0.2, 0) is 19.7 Å². The van der Waals surface area contributed by atoms with Crippen molar-refractivity contribution in [2.45, 2.75) is 32.7 Å². The van der Waals surface area contributed by atoms with Crippen molar-refractivity contribution < 1.29 is 4.74 Å². The van der Waals surface area contributed by atoms with E-state index in [0.29, 0.717) is 12.6 Å². The number of ether oxygens (including phenoxy) is 1. The van der Waals surface area contributed by atoms with Crippen LogP contribution < -0.4 is 10.1 Å². The van der Waals surface area contributed by atoms with Gasteiger partial charge in [-0.3, -0.25) is 9.67 Å². The Bertz CT molecular complexity index is 728. The fourth-order valence-corrected chi connectivity index (χ4v) is 2.43. The summed E-state index contributed by atoms with van der Waals surface area (Å²) in [6.07, 6.45) is 5.55. The van der Waals surface area contributed by atoms with Gasteiger partial charge in [-0.05, 0) is 42.8 Å². The molecule has 0 aliphatic heterocycles. The van der Waals surface area contributed by atoms with Gasteiger partial charge in [-0.2, -0.15) is 5.10 Å². The van der Waals surface area contributed by atoms with Crippen molar-refractivity contribution in [3.63, 3.8) is 0 Å². The summed E-state index contributed by atoms with van der Waals surface area (Å²) in [5.41, 5.74) is 2.12. The zero-order valence-electron chi connectivity index (χ0n) is 13.8. The van der Waals surface area contributed by atoms with Crippen LogP contribution in [0.4, 0.5) is 0 Å². The first-order chi connectivity index (χ1) is 11.8. The summed E-state index contributed by atoms with van der Waals surface area (Å²) in [4.78, 5) is 4.27. The van der Waals surface area contributed by atoms with Crippen LogP contribution in [0, 0.1) is 0 Å². The van der Waals surface area contributed by atoms with Gasteiger partial charge in [0.25, 0.3) is 0 Å². The fraction of sp³-hybridized carbons (Fsp3) is 0.263. The van der Waals surface area contributed by atoms with Crippen LogP contribution in [-0.4, -0.2) is 20.8 Å². The van der Waals surface area contributed by atoms with Gasteiger partial charge in [-0.15, -0.1) is 0 Å². The summed E-state index contributed by atoms with van der Waals surface area (Å²) in [5, 5.41) is 7.74. The average Bonchev–Trinajstić information content (AvgIpc) is 3.12. The lowest BCUT2D eigenvalue weighted by Gasteiger charge is -2.14. The van der Waals surface area contributed by atoms with Crippen LogP contribution in [0.5, 0.6) is 5.75 Å². The van der Waals surface area contributed by atoms with E-state index < -0.39 is 0 Å².